The van der Waals surface area contributed by atoms with E-state index in [0.717, 1.165) is 17.1 Å². The summed E-state index contributed by atoms with van der Waals surface area (Å²) in [6.07, 6.45) is 13.8. The lowest BCUT2D eigenvalue weighted by Crippen LogP contribution is -2.50. The smallest absolute Gasteiger partial charge is 0.169 e. The van der Waals surface area contributed by atoms with Crippen LogP contribution in [0.1, 0.15) is 64.2 Å². The number of hydrogen-bond acceptors (Lipinski definition) is 2. The van der Waals surface area contributed by atoms with Gasteiger partial charge in [0.2, 0.25) is 0 Å². The van der Waals surface area contributed by atoms with Crippen LogP contribution in [0.2, 0.25) is 0 Å². The summed E-state index contributed by atoms with van der Waals surface area (Å²) in [5, 5.41) is 4.73. The monoisotopic (exact) mass is 323 g/mol. The van der Waals surface area contributed by atoms with Crippen molar-refractivity contribution in [2.24, 2.45) is 5.92 Å². The van der Waals surface area contributed by atoms with E-state index in [-0.39, 0.29) is 0 Å². The zero-order valence-electron chi connectivity index (χ0n) is 14.2. The van der Waals surface area contributed by atoms with Crippen molar-refractivity contribution in [1.82, 2.24) is 15.1 Å². The Morgan fingerprint density at radius 2 is 1.68 bits per heavy atom. The number of likely N-dealkylation sites (tertiary alicyclic amines) is 2. The van der Waals surface area contributed by atoms with Crippen molar-refractivity contribution in [3.05, 3.63) is 0 Å². The SMILES string of the molecule is CN1CCC(NC(=S)N2CCC[C@@H]2CC2CCCCC2)CC1. The number of nitrogens with zero attached hydrogens (tertiary/aromatic N) is 2. The lowest BCUT2D eigenvalue weighted by molar-refractivity contribution is 0.236. The van der Waals surface area contributed by atoms with Gasteiger partial charge in [-0.1, -0.05) is 32.1 Å². The van der Waals surface area contributed by atoms with E-state index in [2.05, 4.69) is 22.2 Å². The molecule has 3 rings (SSSR count). The van der Waals surface area contributed by atoms with Gasteiger partial charge in [-0.3, -0.25) is 0 Å². The van der Waals surface area contributed by atoms with Gasteiger partial charge < -0.3 is 15.1 Å². The number of thiocarbonyl (C=S) groups is 1. The molecular weight excluding hydrogens is 290 g/mol. The van der Waals surface area contributed by atoms with E-state index in [9.17, 15) is 0 Å². The fourth-order valence-corrected chi connectivity index (χ4v) is 4.97. The highest BCUT2D eigenvalue weighted by Crippen LogP contribution is 2.32. The molecule has 1 atom stereocenters. The van der Waals surface area contributed by atoms with Crippen LogP contribution in [0.3, 0.4) is 0 Å². The lowest BCUT2D eigenvalue weighted by Gasteiger charge is -2.35. The van der Waals surface area contributed by atoms with Gasteiger partial charge in [-0.25, -0.2) is 0 Å². The van der Waals surface area contributed by atoms with Crippen molar-refractivity contribution >= 4 is 17.3 Å². The van der Waals surface area contributed by atoms with Crippen LogP contribution >= 0.6 is 12.2 Å². The molecule has 2 aliphatic heterocycles. The maximum Gasteiger partial charge on any atom is 0.169 e. The van der Waals surface area contributed by atoms with Gasteiger partial charge in [0.25, 0.3) is 0 Å². The zero-order chi connectivity index (χ0) is 15.4. The normalized spacial score (nSPS) is 29.0. The van der Waals surface area contributed by atoms with Crippen LogP contribution in [-0.2, 0) is 0 Å². The molecule has 1 saturated carbocycles. The summed E-state index contributed by atoms with van der Waals surface area (Å²) in [6.45, 7) is 3.58. The molecule has 0 aromatic carbocycles. The third kappa shape index (κ3) is 4.35. The predicted octanol–water partition coefficient (Wildman–Crippen LogP) is 3.39. The van der Waals surface area contributed by atoms with E-state index in [0.29, 0.717) is 6.04 Å². The van der Waals surface area contributed by atoms with Crippen molar-refractivity contribution in [1.29, 1.82) is 0 Å². The zero-order valence-corrected chi connectivity index (χ0v) is 15.0. The molecule has 4 heteroatoms. The van der Waals surface area contributed by atoms with Crippen molar-refractivity contribution < 1.29 is 0 Å². The lowest BCUT2D eigenvalue weighted by atomic mass is 9.84. The van der Waals surface area contributed by atoms with Crippen molar-refractivity contribution in [2.45, 2.75) is 76.3 Å². The van der Waals surface area contributed by atoms with Gasteiger partial charge in [0.15, 0.2) is 5.11 Å². The maximum absolute atomic E-state index is 5.77. The Balaban J connectivity index is 1.47. The summed E-state index contributed by atoms with van der Waals surface area (Å²) in [5.41, 5.74) is 0. The molecule has 2 saturated heterocycles. The van der Waals surface area contributed by atoms with Gasteiger partial charge in [0.1, 0.15) is 0 Å². The minimum absolute atomic E-state index is 0.597. The number of nitrogens with one attached hydrogen (secondary N) is 1. The molecule has 3 aliphatic rings. The summed E-state index contributed by atoms with van der Waals surface area (Å²) in [7, 11) is 2.22. The minimum Gasteiger partial charge on any atom is -0.360 e. The van der Waals surface area contributed by atoms with E-state index < -0.39 is 0 Å². The molecule has 0 unspecified atom stereocenters. The summed E-state index contributed by atoms with van der Waals surface area (Å²) in [5.74, 6) is 0.963. The Labute approximate surface area is 141 Å². The number of rotatable bonds is 3. The van der Waals surface area contributed by atoms with Crippen LogP contribution in [0.5, 0.6) is 0 Å². The third-order valence-corrected chi connectivity index (χ3v) is 6.37. The second kappa shape index (κ2) is 7.96. The standard InChI is InChI=1S/C18H33N3S/c1-20-12-9-16(10-13-20)19-18(22)21-11-5-8-17(21)14-15-6-3-2-4-7-15/h15-17H,2-14H2,1H3,(H,19,22)/t17-/m1/s1. The highest BCUT2D eigenvalue weighted by Gasteiger charge is 2.30. The second-order valence-corrected chi connectivity index (χ2v) is 8.14. The van der Waals surface area contributed by atoms with E-state index >= 15 is 0 Å². The Bertz CT molecular complexity index is 359. The molecule has 126 valence electrons. The summed E-state index contributed by atoms with van der Waals surface area (Å²) < 4.78 is 0. The predicted molar refractivity (Wildman–Crippen MR) is 97.2 cm³/mol. The van der Waals surface area contributed by atoms with Crippen LogP contribution in [0, 0.1) is 5.92 Å². The maximum atomic E-state index is 5.77. The molecule has 2 heterocycles. The third-order valence-electron chi connectivity index (χ3n) is 6.01. The molecule has 1 aliphatic carbocycles. The molecule has 0 amide bonds. The van der Waals surface area contributed by atoms with Gasteiger partial charge in [-0.15, -0.1) is 0 Å². The molecule has 3 nitrogen and oxygen atoms in total. The first-order valence-electron chi connectivity index (χ1n) is 9.48. The van der Waals surface area contributed by atoms with Gasteiger partial charge in [0, 0.05) is 18.6 Å². The minimum atomic E-state index is 0.597. The first-order valence-corrected chi connectivity index (χ1v) is 9.89. The largest absolute Gasteiger partial charge is 0.360 e. The number of hydrogen-bond donors (Lipinski definition) is 1. The van der Waals surface area contributed by atoms with Crippen molar-refractivity contribution in [3.8, 4) is 0 Å². The van der Waals surface area contributed by atoms with Crippen molar-refractivity contribution in [3.63, 3.8) is 0 Å². The molecule has 0 radical (unpaired) electrons. The fourth-order valence-electron chi connectivity index (χ4n) is 4.57. The molecule has 0 aromatic rings. The van der Waals surface area contributed by atoms with Crippen LogP contribution in [0.25, 0.3) is 0 Å². The van der Waals surface area contributed by atoms with Crippen LogP contribution in [0.15, 0.2) is 0 Å². The first-order chi connectivity index (χ1) is 10.7. The second-order valence-electron chi connectivity index (χ2n) is 7.76. The van der Waals surface area contributed by atoms with Gasteiger partial charge in [-0.05, 0) is 70.4 Å². The highest BCUT2D eigenvalue weighted by atomic mass is 32.1. The Morgan fingerprint density at radius 3 is 2.41 bits per heavy atom. The van der Waals surface area contributed by atoms with E-state index in [1.165, 1.54) is 83.8 Å². The molecular formula is C18H33N3S. The molecule has 0 aromatic heterocycles. The molecule has 0 bridgehead atoms. The van der Waals surface area contributed by atoms with E-state index in [1.807, 2.05) is 0 Å². The summed E-state index contributed by atoms with van der Waals surface area (Å²) in [4.78, 5) is 4.95. The Hall–Kier alpha value is -0.350. The van der Waals surface area contributed by atoms with Crippen LogP contribution in [-0.4, -0.2) is 53.7 Å². The summed E-state index contributed by atoms with van der Waals surface area (Å²) in [6, 6.07) is 1.31. The summed E-state index contributed by atoms with van der Waals surface area (Å²) >= 11 is 5.77. The fraction of sp³-hybridized carbons (Fsp3) is 0.944. The van der Waals surface area contributed by atoms with Gasteiger partial charge in [0.05, 0.1) is 0 Å². The van der Waals surface area contributed by atoms with E-state index in [1.54, 1.807) is 0 Å². The van der Waals surface area contributed by atoms with Gasteiger partial charge in [-0.2, -0.15) is 0 Å². The van der Waals surface area contributed by atoms with Gasteiger partial charge >= 0.3 is 0 Å². The molecule has 1 N–H and O–H groups in total. The van der Waals surface area contributed by atoms with Crippen LogP contribution in [0.4, 0.5) is 0 Å². The van der Waals surface area contributed by atoms with Crippen LogP contribution < -0.4 is 5.32 Å². The molecule has 0 spiro atoms. The highest BCUT2D eigenvalue weighted by molar-refractivity contribution is 7.80. The topological polar surface area (TPSA) is 18.5 Å². The molecule has 3 fully saturated rings. The Kier molecular flexibility index (Phi) is 5.97. The van der Waals surface area contributed by atoms with Crippen molar-refractivity contribution in [2.75, 3.05) is 26.7 Å². The first kappa shape index (κ1) is 16.5. The van der Waals surface area contributed by atoms with E-state index in [4.69, 9.17) is 12.2 Å². The Morgan fingerprint density at radius 1 is 0.955 bits per heavy atom. The average molecular weight is 324 g/mol. The molecule has 22 heavy (non-hydrogen) atoms. The average Bonchev–Trinajstić information content (AvgIpc) is 2.99. The number of piperidine rings is 1. The quantitative estimate of drug-likeness (QED) is 0.802.